The molecule has 0 spiro atoms. The first-order valence-corrected chi connectivity index (χ1v) is 6.50. The van der Waals surface area contributed by atoms with Crippen molar-refractivity contribution in [3.05, 3.63) is 29.8 Å². The van der Waals surface area contributed by atoms with E-state index >= 15 is 0 Å². The maximum absolute atomic E-state index is 12.0. The molecule has 2 fully saturated rings. The monoisotopic (exact) mass is 253 g/mol. The highest BCUT2D eigenvalue weighted by atomic mass is 19.3. The van der Waals surface area contributed by atoms with Crippen LogP contribution in [-0.2, 0) is 0 Å². The van der Waals surface area contributed by atoms with Crippen LogP contribution in [0.15, 0.2) is 24.3 Å². The number of halogens is 2. The molecule has 0 aliphatic heterocycles. The Labute approximate surface area is 105 Å². The van der Waals surface area contributed by atoms with Crippen LogP contribution in [0.2, 0.25) is 0 Å². The molecule has 2 saturated carbocycles. The van der Waals surface area contributed by atoms with Gasteiger partial charge in [0.25, 0.3) is 0 Å². The molecule has 2 unspecified atom stereocenters. The number of nitrogens with one attached hydrogen (secondary N) is 1. The molecular formula is C14H17F2NO. The summed E-state index contributed by atoms with van der Waals surface area (Å²) in [5.74, 6) is 1.55. The maximum atomic E-state index is 12.0. The maximum Gasteiger partial charge on any atom is 0.387 e. The van der Waals surface area contributed by atoms with Gasteiger partial charge in [-0.15, -0.1) is 0 Å². The summed E-state index contributed by atoms with van der Waals surface area (Å²) in [6, 6.07) is 7.82. The Morgan fingerprint density at radius 3 is 2.56 bits per heavy atom. The number of ether oxygens (including phenoxy) is 1. The standard InChI is InChI=1S/C14H17F2NO/c15-14(16)18-12-5-1-9(2-6-12)13-7-10(13)8-17-11-3-4-11/h1-2,5-6,10-11,13-14,17H,3-4,7-8H2. The van der Waals surface area contributed by atoms with Crippen LogP contribution in [-0.4, -0.2) is 19.2 Å². The average Bonchev–Trinajstić information content (AvgIpc) is 3.22. The van der Waals surface area contributed by atoms with Crippen LogP contribution in [0.4, 0.5) is 8.78 Å². The SMILES string of the molecule is FC(F)Oc1ccc(C2CC2CNC2CC2)cc1. The molecule has 4 heteroatoms. The summed E-state index contributed by atoms with van der Waals surface area (Å²) in [6.07, 6.45) is 3.84. The molecule has 1 aromatic rings. The molecule has 0 amide bonds. The lowest BCUT2D eigenvalue weighted by Gasteiger charge is -2.06. The Hall–Kier alpha value is -1.16. The first-order chi connectivity index (χ1) is 8.72. The van der Waals surface area contributed by atoms with Crippen molar-refractivity contribution in [1.29, 1.82) is 0 Å². The molecule has 2 nitrogen and oxygen atoms in total. The highest BCUT2D eigenvalue weighted by Crippen LogP contribution is 2.47. The van der Waals surface area contributed by atoms with Gasteiger partial charge >= 0.3 is 6.61 Å². The van der Waals surface area contributed by atoms with E-state index in [1.165, 1.54) is 24.8 Å². The predicted octanol–water partition coefficient (Wildman–Crippen LogP) is 3.14. The highest BCUT2D eigenvalue weighted by molar-refractivity contribution is 5.32. The molecule has 0 bridgehead atoms. The van der Waals surface area contributed by atoms with Crippen LogP contribution < -0.4 is 10.1 Å². The fraction of sp³-hybridized carbons (Fsp3) is 0.571. The fourth-order valence-electron chi connectivity index (χ4n) is 2.38. The Morgan fingerprint density at radius 1 is 1.22 bits per heavy atom. The fourth-order valence-corrected chi connectivity index (χ4v) is 2.38. The van der Waals surface area contributed by atoms with Gasteiger partial charge in [0.05, 0.1) is 0 Å². The van der Waals surface area contributed by atoms with E-state index in [2.05, 4.69) is 10.1 Å². The third-order valence-electron chi connectivity index (χ3n) is 3.70. The molecule has 0 radical (unpaired) electrons. The van der Waals surface area contributed by atoms with Gasteiger partial charge in [0.2, 0.25) is 0 Å². The first kappa shape index (κ1) is 11.9. The van der Waals surface area contributed by atoms with Crippen molar-refractivity contribution < 1.29 is 13.5 Å². The van der Waals surface area contributed by atoms with E-state index in [9.17, 15) is 8.78 Å². The molecule has 3 rings (SSSR count). The topological polar surface area (TPSA) is 21.3 Å². The van der Waals surface area contributed by atoms with Crippen molar-refractivity contribution in [2.24, 2.45) is 5.92 Å². The van der Waals surface area contributed by atoms with Gasteiger partial charge in [-0.25, -0.2) is 0 Å². The van der Waals surface area contributed by atoms with Crippen molar-refractivity contribution in [1.82, 2.24) is 5.32 Å². The third kappa shape index (κ3) is 2.99. The molecule has 1 aromatic carbocycles. The van der Waals surface area contributed by atoms with Crippen LogP contribution in [0.25, 0.3) is 0 Å². The molecule has 0 aromatic heterocycles. The highest BCUT2D eigenvalue weighted by Gasteiger charge is 2.38. The number of alkyl halides is 2. The summed E-state index contributed by atoms with van der Waals surface area (Å²) in [5, 5.41) is 3.53. The molecular weight excluding hydrogens is 236 g/mol. The van der Waals surface area contributed by atoms with Gasteiger partial charge in [0.15, 0.2) is 0 Å². The van der Waals surface area contributed by atoms with E-state index < -0.39 is 6.61 Å². The summed E-state index contributed by atoms with van der Waals surface area (Å²) in [4.78, 5) is 0. The first-order valence-electron chi connectivity index (χ1n) is 6.50. The van der Waals surface area contributed by atoms with Crippen LogP contribution in [0.3, 0.4) is 0 Å². The number of hydrogen-bond acceptors (Lipinski definition) is 2. The smallest absolute Gasteiger partial charge is 0.387 e. The van der Waals surface area contributed by atoms with Gasteiger partial charge in [-0.2, -0.15) is 8.78 Å². The van der Waals surface area contributed by atoms with Crippen molar-refractivity contribution in [2.75, 3.05) is 6.54 Å². The Kier molecular flexibility index (Phi) is 3.20. The molecule has 2 aliphatic rings. The van der Waals surface area contributed by atoms with Crippen LogP contribution in [0.1, 0.15) is 30.7 Å². The summed E-state index contributed by atoms with van der Waals surface area (Å²) >= 11 is 0. The normalized spacial score (nSPS) is 26.4. The van der Waals surface area contributed by atoms with Crippen molar-refractivity contribution in [3.63, 3.8) is 0 Å². The largest absolute Gasteiger partial charge is 0.435 e. The van der Waals surface area contributed by atoms with E-state index in [4.69, 9.17) is 0 Å². The van der Waals surface area contributed by atoms with Crippen molar-refractivity contribution in [2.45, 2.75) is 37.8 Å². The van der Waals surface area contributed by atoms with E-state index in [1.54, 1.807) is 12.1 Å². The number of rotatable bonds is 6. The van der Waals surface area contributed by atoms with Gasteiger partial charge in [0.1, 0.15) is 5.75 Å². The van der Waals surface area contributed by atoms with Crippen molar-refractivity contribution >= 4 is 0 Å². The lowest BCUT2D eigenvalue weighted by Crippen LogP contribution is -2.19. The predicted molar refractivity (Wildman–Crippen MR) is 64.9 cm³/mol. The Balaban J connectivity index is 1.50. The van der Waals surface area contributed by atoms with Gasteiger partial charge in [-0.05, 0) is 55.3 Å². The van der Waals surface area contributed by atoms with Gasteiger partial charge in [0, 0.05) is 6.04 Å². The Bertz CT molecular complexity index is 403. The summed E-state index contributed by atoms with van der Waals surface area (Å²) in [5.41, 5.74) is 1.24. The number of benzene rings is 1. The lowest BCUT2D eigenvalue weighted by molar-refractivity contribution is -0.0498. The Morgan fingerprint density at radius 2 is 1.94 bits per heavy atom. The molecule has 18 heavy (non-hydrogen) atoms. The molecule has 0 saturated heterocycles. The molecule has 1 N–H and O–H groups in total. The third-order valence-corrected chi connectivity index (χ3v) is 3.70. The lowest BCUT2D eigenvalue weighted by atomic mass is 10.1. The van der Waals surface area contributed by atoms with E-state index in [1.807, 2.05) is 12.1 Å². The van der Waals surface area contributed by atoms with E-state index in [0.717, 1.165) is 12.6 Å². The second kappa shape index (κ2) is 4.84. The van der Waals surface area contributed by atoms with E-state index in [0.29, 0.717) is 11.8 Å². The molecule has 0 heterocycles. The molecule has 98 valence electrons. The zero-order chi connectivity index (χ0) is 12.5. The van der Waals surface area contributed by atoms with Gasteiger partial charge in [-0.1, -0.05) is 12.1 Å². The molecule has 2 atom stereocenters. The summed E-state index contributed by atoms with van der Waals surface area (Å²) < 4.78 is 28.3. The second-order valence-electron chi connectivity index (χ2n) is 5.23. The molecule has 2 aliphatic carbocycles. The average molecular weight is 253 g/mol. The van der Waals surface area contributed by atoms with Gasteiger partial charge < -0.3 is 10.1 Å². The minimum absolute atomic E-state index is 0.238. The zero-order valence-electron chi connectivity index (χ0n) is 10.1. The van der Waals surface area contributed by atoms with Crippen molar-refractivity contribution in [3.8, 4) is 5.75 Å². The second-order valence-corrected chi connectivity index (χ2v) is 5.23. The van der Waals surface area contributed by atoms with E-state index in [-0.39, 0.29) is 5.75 Å². The van der Waals surface area contributed by atoms with Crippen LogP contribution in [0.5, 0.6) is 5.75 Å². The van der Waals surface area contributed by atoms with Gasteiger partial charge in [-0.3, -0.25) is 0 Å². The minimum atomic E-state index is -2.74. The quantitative estimate of drug-likeness (QED) is 0.841. The summed E-state index contributed by atoms with van der Waals surface area (Å²) in [6.45, 7) is -1.66. The summed E-state index contributed by atoms with van der Waals surface area (Å²) in [7, 11) is 0. The number of hydrogen-bond donors (Lipinski definition) is 1. The zero-order valence-corrected chi connectivity index (χ0v) is 10.1. The minimum Gasteiger partial charge on any atom is -0.435 e. The van der Waals surface area contributed by atoms with Crippen LogP contribution in [0, 0.1) is 5.92 Å². The van der Waals surface area contributed by atoms with Crippen LogP contribution >= 0.6 is 0 Å².